The van der Waals surface area contributed by atoms with Crippen LogP contribution in [0.15, 0.2) is 36.0 Å². The molecule has 2 aromatic rings. The first-order valence-electron chi connectivity index (χ1n) is 5.60. The van der Waals surface area contributed by atoms with Crippen molar-refractivity contribution in [2.45, 2.75) is 6.54 Å². The minimum atomic E-state index is -0.0387. The van der Waals surface area contributed by atoms with Crippen molar-refractivity contribution in [3.63, 3.8) is 0 Å². The number of hydrogen-bond acceptors (Lipinski definition) is 4. The molecule has 1 aromatic heterocycles. The van der Waals surface area contributed by atoms with Gasteiger partial charge in [-0.25, -0.2) is 0 Å². The van der Waals surface area contributed by atoms with Gasteiger partial charge in [0, 0.05) is 19.2 Å². The van der Waals surface area contributed by atoms with Gasteiger partial charge in [0.15, 0.2) is 0 Å². The molecule has 2 rings (SSSR count). The molecule has 2 N–H and O–H groups in total. The van der Waals surface area contributed by atoms with E-state index in [1.165, 1.54) is 11.3 Å². The second kappa shape index (κ2) is 5.90. The number of thiazole rings is 1. The fourth-order valence-corrected chi connectivity index (χ4v) is 2.42. The number of carbonyl (C=O) groups excluding carboxylic acids is 1. The maximum absolute atomic E-state index is 12.1. The van der Waals surface area contributed by atoms with E-state index < -0.39 is 0 Å². The zero-order valence-corrected chi connectivity index (χ0v) is 12.0. The number of thiocarbonyl (C=S) groups is 1. The lowest BCUT2D eigenvalue weighted by atomic mass is 10.1. The van der Waals surface area contributed by atoms with Gasteiger partial charge < -0.3 is 10.6 Å². The Balaban J connectivity index is 2.10. The second-order valence-electron chi connectivity index (χ2n) is 4.09. The van der Waals surface area contributed by atoms with Crippen LogP contribution < -0.4 is 5.73 Å². The van der Waals surface area contributed by atoms with Crippen molar-refractivity contribution in [3.05, 3.63) is 52.0 Å². The lowest BCUT2D eigenvalue weighted by molar-refractivity contribution is 0.0789. The standard InChI is InChI=1S/C13H13N3OS2/c1-16(13(17)11-6-15-8-19-11)7-9-3-2-4-10(5-9)12(14)18/h2-6,8H,7H2,1H3,(H2,14,18). The summed E-state index contributed by atoms with van der Waals surface area (Å²) in [6.07, 6.45) is 1.58. The van der Waals surface area contributed by atoms with Crippen LogP contribution in [-0.2, 0) is 6.54 Å². The minimum absolute atomic E-state index is 0.0387. The first-order valence-corrected chi connectivity index (χ1v) is 6.89. The third-order valence-electron chi connectivity index (χ3n) is 2.62. The van der Waals surface area contributed by atoms with Crippen LogP contribution in [0.2, 0.25) is 0 Å². The van der Waals surface area contributed by atoms with Crippen molar-refractivity contribution < 1.29 is 4.79 Å². The highest BCUT2D eigenvalue weighted by Crippen LogP contribution is 2.12. The minimum Gasteiger partial charge on any atom is -0.389 e. The summed E-state index contributed by atoms with van der Waals surface area (Å²) < 4.78 is 0. The molecular weight excluding hydrogens is 278 g/mol. The van der Waals surface area contributed by atoms with E-state index in [4.69, 9.17) is 18.0 Å². The Hall–Kier alpha value is -1.79. The van der Waals surface area contributed by atoms with E-state index >= 15 is 0 Å². The summed E-state index contributed by atoms with van der Waals surface area (Å²) in [5.41, 5.74) is 9.04. The molecule has 0 atom stereocenters. The number of rotatable bonds is 4. The number of aromatic nitrogens is 1. The molecule has 0 aliphatic carbocycles. The first-order chi connectivity index (χ1) is 9.08. The third-order valence-corrected chi connectivity index (χ3v) is 3.62. The Morgan fingerprint density at radius 1 is 1.53 bits per heavy atom. The van der Waals surface area contributed by atoms with E-state index in [1.54, 1.807) is 23.7 Å². The lowest BCUT2D eigenvalue weighted by Gasteiger charge is -2.16. The van der Waals surface area contributed by atoms with E-state index in [-0.39, 0.29) is 5.91 Å². The van der Waals surface area contributed by atoms with Crippen LogP contribution >= 0.6 is 23.6 Å². The molecule has 1 heterocycles. The van der Waals surface area contributed by atoms with Gasteiger partial charge in [-0.1, -0.05) is 30.4 Å². The van der Waals surface area contributed by atoms with Crippen molar-refractivity contribution >= 4 is 34.5 Å². The van der Waals surface area contributed by atoms with Crippen LogP contribution in [0.1, 0.15) is 20.8 Å². The van der Waals surface area contributed by atoms with E-state index in [0.717, 1.165) is 11.1 Å². The summed E-state index contributed by atoms with van der Waals surface area (Å²) in [6.45, 7) is 0.507. The van der Waals surface area contributed by atoms with Crippen molar-refractivity contribution in [1.29, 1.82) is 0 Å². The Bertz CT molecular complexity index is 596. The number of carbonyl (C=O) groups is 1. The number of benzene rings is 1. The van der Waals surface area contributed by atoms with Crippen LogP contribution in [0.5, 0.6) is 0 Å². The normalized spacial score (nSPS) is 10.2. The molecule has 6 heteroatoms. The lowest BCUT2D eigenvalue weighted by Crippen LogP contribution is -2.25. The number of hydrogen-bond donors (Lipinski definition) is 1. The van der Waals surface area contributed by atoms with Crippen LogP contribution in [0.4, 0.5) is 0 Å². The van der Waals surface area contributed by atoms with Crippen molar-refractivity contribution in [3.8, 4) is 0 Å². The molecule has 1 amide bonds. The van der Waals surface area contributed by atoms with E-state index in [0.29, 0.717) is 16.4 Å². The van der Waals surface area contributed by atoms with Gasteiger partial charge in [-0.05, 0) is 11.6 Å². The molecular formula is C13H13N3OS2. The summed E-state index contributed by atoms with van der Waals surface area (Å²) in [7, 11) is 1.76. The van der Waals surface area contributed by atoms with E-state index in [2.05, 4.69) is 4.98 Å². The molecule has 0 unspecified atom stereocenters. The Kier molecular flexibility index (Phi) is 4.24. The number of nitrogens with two attached hydrogens (primary N) is 1. The molecule has 0 aliphatic heterocycles. The average molecular weight is 291 g/mol. The zero-order chi connectivity index (χ0) is 13.8. The first kappa shape index (κ1) is 13.6. The fraction of sp³-hybridized carbons (Fsp3) is 0.154. The monoisotopic (exact) mass is 291 g/mol. The summed E-state index contributed by atoms with van der Waals surface area (Å²) in [6, 6.07) is 7.59. The predicted molar refractivity (Wildman–Crippen MR) is 80.2 cm³/mol. The second-order valence-corrected chi connectivity index (χ2v) is 5.42. The highest BCUT2D eigenvalue weighted by atomic mass is 32.1. The molecule has 4 nitrogen and oxygen atoms in total. The van der Waals surface area contributed by atoms with Gasteiger partial charge in [0.2, 0.25) is 0 Å². The molecule has 0 aliphatic rings. The zero-order valence-electron chi connectivity index (χ0n) is 10.4. The topological polar surface area (TPSA) is 59.2 Å². The predicted octanol–water partition coefficient (Wildman–Crippen LogP) is 2.05. The third kappa shape index (κ3) is 3.36. The van der Waals surface area contributed by atoms with Crippen molar-refractivity contribution in [2.75, 3.05) is 7.05 Å². The van der Waals surface area contributed by atoms with Gasteiger partial charge in [0.05, 0.1) is 11.7 Å². The maximum Gasteiger partial charge on any atom is 0.265 e. The largest absolute Gasteiger partial charge is 0.389 e. The van der Waals surface area contributed by atoms with Crippen LogP contribution in [0.3, 0.4) is 0 Å². The van der Waals surface area contributed by atoms with Gasteiger partial charge in [0.1, 0.15) is 9.87 Å². The van der Waals surface area contributed by atoms with Gasteiger partial charge in [-0.3, -0.25) is 9.78 Å². The molecule has 0 fully saturated rings. The molecule has 0 bridgehead atoms. The molecule has 0 saturated carbocycles. The van der Waals surface area contributed by atoms with Crippen molar-refractivity contribution in [2.24, 2.45) is 5.73 Å². The molecule has 98 valence electrons. The van der Waals surface area contributed by atoms with Crippen LogP contribution in [0.25, 0.3) is 0 Å². The molecule has 19 heavy (non-hydrogen) atoms. The summed E-state index contributed by atoms with van der Waals surface area (Å²) >= 11 is 6.28. The quantitative estimate of drug-likeness (QED) is 0.876. The summed E-state index contributed by atoms with van der Waals surface area (Å²) in [5.74, 6) is -0.0387. The van der Waals surface area contributed by atoms with Crippen LogP contribution in [0, 0.1) is 0 Å². The van der Waals surface area contributed by atoms with E-state index in [9.17, 15) is 4.79 Å². The Morgan fingerprint density at radius 3 is 2.95 bits per heavy atom. The summed E-state index contributed by atoms with van der Waals surface area (Å²) in [5, 5.41) is 0. The fourth-order valence-electron chi connectivity index (χ4n) is 1.68. The Morgan fingerprint density at radius 2 is 2.32 bits per heavy atom. The number of amides is 1. The molecule has 0 radical (unpaired) electrons. The maximum atomic E-state index is 12.1. The highest BCUT2D eigenvalue weighted by molar-refractivity contribution is 7.80. The molecule has 0 saturated heterocycles. The highest BCUT2D eigenvalue weighted by Gasteiger charge is 2.13. The van der Waals surface area contributed by atoms with Gasteiger partial charge in [-0.2, -0.15) is 0 Å². The molecule has 0 spiro atoms. The van der Waals surface area contributed by atoms with Gasteiger partial charge >= 0.3 is 0 Å². The van der Waals surface area contributed by atoms with E-state index in [1.807, 2.05) is 24.3 Å². The SMILES string of the molecule is CN(Cc1cccc(C(N)=S)c1)C(=O)c1cncs1. The summed E-state index contributed by atoms with van der Waals surface area (Å²) in [4.78, 5) is 18.6. The van der Waals surface area contributed by atoms with Crippen LogP contribution in [-0.4, -0.2) is 27.8 Å². The van der Waals surface area contributed by atoms with Crippen molar-refractivity contribution in [1.82, 2.24) is 9.88 Å². The Labute approximate surface area is 120 Å². The van der Waals surface area contributed by atoms with Gasteiger partial charge in [0.25, 0.3) is 5.91 Å². The smallest absolute Gasteiger partial charge is 0.265 e. The molecule has 1 aromatic carbocycles. The van der Waals surface area contributed by atoms with Gasteiger partial charge in [-0.15, -0.1) is 11.3 Å². The average Bonchev–Trinajstić information content (AvgIpc) is 2.92. The number of nitrogens with zero attached hydrogens (tertiary/aromatic N) is 2.